The molecule has 144 valence electrons. The maximum atomic E-state index is 12.5. The first kappa shape index (κ1) is 19.8. The third-order valence-corrected chi connectivity index (χ3v) is 5.66. The van der Waals surface area contributed by atoms with Gasteiger partial charge in [0.1, 0.15) is 5.75 Å². The summed E-state index contributed by atoms with van der Waals surface area (Å²) in [5.41, 5.74) is 1.21. The van der Waals surface area contributed by atoms with Crippen LogP contribution in [0.4, 0.5) is 10.8 Å². The largest absolute Gasteiger partial charge is 0.497 e. The van der Waals surface area contributed by atoms with E-state index in [1.54, 1.807) is 24.6 Å². The monoisotopic (exact) mass is 415 g/mol. The number of thioether (sulfide) groups is 1. The number of nitrogens with zero attached hydrogens (tertiary/aromatic N) is 2. The number of benzene rings is 2. The number of rotatable bonds is 7. The van der Waals surface area contributed by atoms with Crippen LogP contribution in [0.15, 0.2) is 58.8 Å². The van der Waals surface area contributed by atoms with Crippen LogP contribution in [0.5, 0.6) is 5.75 Å². The number of nitrogens with one attached hydrogen (secondary N) is 1. The minimum Gasteiger partial charge on any atom is -0.497 e. The number of nitro groups is 1. The number of aromatic nitrogens is 1. The van der Waals surface area contributed by atoms with Gasteiger partial charge >= 0.3 is 0 Å². The summed E-state index contributed by atoms with van der Waals surface area (Å²) < 4.78 is 5.20. The lowest BCUT2D eigenvalue weighted by Crippen LogP contribution is -2.22. The second-order valence-corrected chi connectivity index (χ2v) is 8.05. The average molecular weight is 415 g/mol. The number of non-ortho nitro benzene ring substituents is 1. The molecule has 0 saturated heterocycles. The van der Waals surface area contributed by atoms with E-state index >= 15 is 0 Å². The van der Waals surface area contributed by atoms with Crippen LogP contribution >= 0.6 is 23.1 Å². The van der Waals surface area contributed by atoms with Crippen molar-refractivity contribution in [3.05, 3.63) is 64.0 Å². The van der Waals surface area contributed by atoms with Crippen molar-refractivity contribution in [3.63, 3.8) is 0 Å². The van der Waals surface area contributed by atoms with Gasteiger partial charge in [-0.3, -0.25) is 14.9 Å². The molecule has 0 aliphatic heterocycles. The van der Waals surface area contributed by atoms with Crippen LogP contribution in [-0.4, -0.2) is 28.2 Å². The fourth-order valence-electron chi connectivity index (χ4n) is 2.38. The van der Waals surface area contributed by atoms with Gasteiger partial charge in [0.2, 0.25) is 5.91 Å². The summed E-state index contributed by atoms with van der Waals surface area (Å²) in [5.74, 6) is 0.562. The van der Waals surface area contributed by atoms with Crippen molar-refractivity contribution < 1.29 is 14.5 Å². The number of carbonyl (C=O) groups is 1. The van der Waals surface area contributed by atoms with E-state index in [9.17, 15) is 14.9 Å². The Balaban J connectivity index is 1.66. The van der Waals surface area contributed by atoms with E-state index in [0.29, 0.717) is 16.4 Å². The van der Waals surface area contributed by atoms with E-state index in [1.165, 1.54) is 35.2 Å². The number of nitro benzene ring substituents is 1. The number of hydrogen-bond donors (Lipinski definition) is 1. The molecule has 1 aromatic heterocycles. The standard InChI is InChI=1S/C19H17N3O4S2/c1-12(28-16-8-4-7-15(10-16)26-2)18(23)21-19-20-17(11-27-19)13-5-3-6-14(9-13)22(24)25/h3-12H,1-2H3,(H,20,21,23). The van der Waals surface area contributed by atoms with Crippen molar-refractivity contribution >= 4 is 39.8 Å². The third kappa shape index (κ3) is 4.87. The van der Waals surface area contributed by atoms with Gasteiger partial charge in [-0.2, -0.15) is 0 Å². The van der Waals surface area contributed by atoms with E-state index in [0.717, 1.165) is 10.6 Å². The second kappa shape index (κ2) is 8.85. The number of methoxy groups -OCH3 is 1. The van der Waals surface area contributed by atoms with Crippen LogP contribution in [0.2, 0.25) is 0 Å². The Kier molecular flexibility index (Phi) is 6.27. The predicted octanol–water partition coefficient (Wildman–Crippen LogP) is 4.85. The molecule has 0 spiro atoms. The molecule has 0 saturated carbocycles. The molecular weight excluding hydrogens is 398 g/mol. The number of hydrogen-bond acceptors (Lipinski definition) is 7. The minimum atomic E-state index is -0.448. The van der Waals surface area contributed by atoms with Gasteiger partial charge in [-0.1, -0.05) is 18.2 Å². The van der Waals surface area contributed by atoms with E-state index in [-0.39, 0.29) is 16.8 Å². The highest BCUT2D eigenvalue weighted by Gasteiger charge is 2.17. The van der Waals surface area contributed by atoms with Gasteiger partial charge in [0.25, 0.3) is 5.69 Å². The molecule has 0 bridgehead atoms. The van der Waals surface area contributed by atoms with Crippen LogP contribution < -0.4 is 10.1 Å². The Morgan fingerprint density at radius 3 is 2.82 bits per heavy atom. The number of amides is 1. The van der Waals surface area contributed by atoms with E-state index < -0.39 is 4.92 Å². The first-order valence-corrected chi connectivity index (χ1v) is 10.0. The van der Waals surface area contributed by atoms with Crippen molar-refractivity contribution in [2.45, 2.75) is 17.1 Å². The number of ether oxygens (including phenoxy) is 1. The summed E-state index contributed by atoms with van der Waals surface area (Å²) in [5, 5.41) is 15.6. The van der Waals surface area contributed by atoms with Crippen molar-refractivity contribution in [3.8, 4) is 17.0 Å². The Labute approximate surface area is 169 Å². The summed E-state index contributed by atoms with van der Waals surface area (Å²) in [6.45, 7) is 1.81. The molecule has 1 N–H and O–H groups in total. The highest BCUT2D eigenvalue weighted by molar-refractivity contribution is 8.00. The summed E-state index contributed by atoms with van der Waals surface area (Å²) in [4.78, 5) is 28.2. The lowest BCUT2D eigenvalue weighted by molar-refractivity contribution is -0.384. The van der Waals surface area contributed by atoms with Crippen LogP contribution in [0.1, 0.15) is 6.92 Å². The molecule has 0 fully saturated rings. The van der Waals surface area contributed by atoms with Crippen molar-refractivity contribution in [2.24, 2.45) is 0 Å². The van der Waals surface area contributed by atoms with Gasteiger partial charge in [-0.25, -0.2) is 4.98 Å². The first-order chi connectivity index (χ1) is 13.5. The number of thiazole rings is 1. The number of carbonyl (C=O) groups excluding carboxylic acids is 1. The zero-order valence-electron chi connectivity index (χ0n) is 15.1. The zero-order valence-corrected chi connectivity index (χ0v) is 16.8. The lowest BCUT2D eigenvalue weighted by atomic mass is 10.1. The maximum Gasteiger partial charge on any atom is 0.270 e. The molecule has 0 aliphatic rings. The molecule has 7 nitrogen and oxygen atoms in total. The van der Waals surface area contributed by atoms with E-state index in [2.05, 4.69) is 10.3 Å². The highest BCUT2D eigenvalue weighted by Crippen LogP contribution is 2.30. The van der Waals surface area contributed by atoms with Gasteiger partial charge < -0.3 is 10.1 Å². The Bertz CT molecular complexity index is 1010. The molecule has 1 atom stereocenters. The molecule has 9 heteroatoms. The molecule has 1 heterocycles. The van der Waals surface area contributed by atoms with Gasteiger partial charge in [0.05, 0.1) is 23.0 Å². The maximum absolute atomic E-state index is 12.5. The minimum absolute atomic E-state index is 0.000558. The van der Waals surface area contributed by atoms with Crippen LogP contribution in [0.3, 0.4) is 0 Å². The molecular formula is C19H17N3O4S2. The second-order valence-electron chi connectivity index (χ2n) is 5.77. The van der Waals surface area contributed by atoms with Crippen LogP contribution in [0.25, 0.3) is 11.3 Å². The van der Waals surface area contributed by atoms with Crippen molar-refractivity contribution in [2.75, 3.05) is 12.4 Å². The molecule has 2 aromatic carbocycles. The normalized spacial score (nSPS) is 11.6. The average Bonchev–Trinajstić information content (AvgIpc) is 3.16. The van der Waals surface area contributed by atoms with E-state index in [1.807, 2.05) is 31.2 Å². The molecule has 28 heavy (non-hydrogen) atoms. The van der Waals surface area contributed by atoms with E-state index in [4.69, 9.17) is 4.74 Å². The first-order valence-electron chi connectivity index (χ1n) is 8.28. The quantitative estimate of drug-likeness (QED) is 0.337. The van der Waals surface area contributed by atoms with Crippen molar-refractivity contribution in [1.29, 1.82) is 0 Å². The van der Waals surface area contributed by atoms with Crippen LogP contribution in [-0.2, 0) is 4.79 Å². The summed E-state index contributed by atoms with van der Waals surface area (Å²) in [6.07, 6.45) is 0. The summed E-state index contributed by atoms with van der Waals surface area (Å²) in [7, 11) is 1.60. The Morgan fingerprint density at radius 2 is 2.07 bits per heavy atom. The summed E-state index contributed by atoms with van der Waals surface area (Å²) >= 11 is 2.69. The molecule has 3 rings (SSSR count). The SMILES string of the molecule is COc1cccc(SC(C)C(=O)Nc2nc(-c3cccc([N+](=O)[O-])c3)cs2)c1. The fraction of sp³-hybridized carbons (Fsp3) is 0.158. The molecule has 0 radical (unpaired) electrons. The smallest absolute Gasteiger partial charge is 0.270 e. The predicted molar refractivity (Wildman–Crippen MR) is 111 cm³/mol. The fourth-order valence-corrected chi connectivity index (χ4v) is 4.02. The van der Waals surface area contributed by atoms with Gasteiger partial charge in [0.15, 0.2) is 5.13 Å². The highest BCUT2D eigenvalue weighted by atomic mass is 32.2. The van der Waals surface area contributed by atoms with Gasteiger partial charge in [0, 0.05) is 28.0 Å². The van der Waals surface area contributed by atoms with Gasteiger partial charge in [-0.15, -0.1) is 23.1 Å². The summed E-state index contributed by atoms with van der Waals surface area (Å²) in [6, 6.07) is 13.8. The van der Waals surface area contributed by atoms with Crippen LogP contribution in [0, 0.1) is 10.1 Å². The zero-order chi connectivity index (χ0) is 20.1. The molecule has 3 aromatic rings. The topological polar surface area (TPSA) is 94.4 Å². The molecule has 1 amide bonds. The van der Waals surface area contributed by atoms with Crippen molar-refractivity contribution in [1.82, 2.24) is 4.98 Å². The number of anilines is 1. The Hall–Kier alpha value is -2.91. The lowest BCUT2D eigenvalue weighted by Gasteiger charge is -2.11. The molecule has 1 unspecified atom stereocenters. The Morgan fingerprint density at radius 1 is 1.29 bits per heavy atom. The van der Waals surface area contributed by atoms with Gasteiger partial charge in [-0.05, 0) is 25.1 Å². The third-order valence-electron chi connectivity index (χ3n) is 3.81. The molecule has 0 aliphatic carbocycles.